The summed E-state index contributed by atoms with van der Waals surface area (Å²) in [5.74, 6) is 0.251. The van der Waals surface area contributed by atoms with Gasteiger partial charge in [0.05, 0.1) is 24.9 Å². The Morgan fingerprint density at radius 3 is 2.72 bits per heavy atom. The molecule has 0 unspecified atom stereocenters. The molecule has 25 heavy (non-hydrogen) atoms. The maximum Gasteiger partial charge on any atom is 0.344 e. The van der Waals surface area contributed by atoms with E-state index in [2.05, 4.69) is 9.71 Å². The van der Waals surface area contributed by atoms with Crippen molar-refractivity contribution in [3.63, 3.8) is 0 Å². The molecule has 0 bridgehead atoms. The first-order chi connectivity index (χ1) is 11.9. The number of amides is 1. The summed E-state index contributed by atoms with van der Waals surface area (Å²) in [7, 11) is -2.36. The zero-order valence-corrected chi connectivity index (χ0v) is 15.5. The number of nitrogens with one attached hydrogen (secondary N) is 1. The van der Waals surface area contributed by atoms with Gasteiger partial charge in [-0.2, -0.15) is 8.42 Å². The highest BCUT2D eigenvalue weighted by atomic mass is 32.2. The van der Waals surface area contributed by atoms with E-state index in [1.165, 1.54) is 20.2 Å². The highest BCUT2D eigenvalue weighted by Crippen LogP contribution is 2.24. The molecule has 1 N–H and O–H groups in total. The summed E-state index contributed by atoms with van der Waals surface area (Å²) < 4.78 is 34.7. The number of hydrogen-bond donors (Lipinski definition) is 1. The van der Waals surface area contributed by atoms with Crippen LogP contribution in [0.2, 0.25) is 0 Å². The van der Waals surface area contributed by atoms with Gasteiger partial charge in [-0.05, 0) is 19.4 Å². The third-order valence-electron chi connectivity index (χ3n) is 3.79. The van der Waals surface area contributed by atoms with E-state index in [-0.39, 0.29) is 23.7 Å². The molecule has 2 rings (SSSR count). The minimum Gasteiger partial charge on any atom is -0.496 e. The SMILES string of the molecule is CCCCNC(=O)C1=CN(Cc2ccccc2OC)S(=O)(=O)N=C1C. The number of ether oxygens (including phenoxy) is 1. The smallest absolute Gasteiger partial charge is 0.344 e. The summed E-state index contributed by atoms with van der Waals surface area (Å²) in [5, 5.41) is 2.78. The van der Waals surface area contributed by atoms with Gasteiger partial charge < -0.3 is 10.1 Å². The lowest BCUT2D eigenvalue weighted by Crippen LogP contribution is -2.35. The van der Waals surface area contributed by atoms with Crippen LogP contribution in [0.4, 0.5) is 0 Å². The fourth-order valence-corrected chi connectivity index (χ4v) is 3.49. The second-order valence-electron chi connectivity index (χ2n) is 5.66. The van der Waals surface area contributed by atoms with Crippen molar-refractivity contribution in [1.29, 1.82) is 0 Å². The van der Waals surface area contributed by atoms with Crippen LogP contribution >= 0.6 is 0 Å². The van der Waals surface area contributed by atoms with Crippen LogP contribution in [0.3, 0.4) is 0 Å². The fraction of sp³-hybridized carbons (Fsp3) is 0.412. The zero-order valence-electron chi connectivity index (χ0n) is 14.7. The molecule has 1 aromatic carbocycles. The minimum absolute atomic E-state index is 0.0366. The van der Waals surface area contributed by atoms with E-state index in [0.29, 0.717) is 17.9 Å². The molecule has 8 heteroatoms. The highest BCUT2D eigenvalue weighted by molar-refractivity contribution is 7.88. The van der Waals surface area contributed by atoms with Crippen LogP contribution in [0.1, 0.15) is 32.3 Å². The molecule has 1 aromatic rings. The number of hydrogen-bond acceptors (Lipinski definition) is 4. The van der Waals surface area contributed by atoms with Gasteiger partial charge in [-0.1, -0.05) is 31.5 Å². The maximum atomic E-state index is 12.3. The first-order valence-electron chi connectivity index (χ1n) is 8.09. The largest absolute Gasteiger partial charge is 0.496 e. The summed E-state index contributed by atoms with van der Waals surface area (Å²) in [4.78, 5) is 12.3. The van der Waals surface area contributed by atoms with Crippen molar-refractivity contribution in [1.82, 2.24) is 9.62 Å². The Morgan fingerprint density at radius 1 is 1.32 bits per heavy atom. The lowest BCUT2D eigenvalue weighted by Gasteiger charge is -2.24. The van der Waals surface area contributed by atoms with Crippen molar-refractivity contribution in [3.8, 4) is 5.75 Å². The van der Waals surface area contributed by atoms with Gasteiger partial charge in [0.1, 0.15) is 5.75 Å². The van der Waals surface area contributed by atoms with Crippen LogP contribution in [-0.4, -0.2) is 38.0 Å². The first kappa shape index (κ1) is 19.0. The number of rotatable bonds is 7. The zero-order chi connectivity index (χ0) is 18.4. The summed E-state index contributed by atoms with van der Waals surface area (Å²) in [6, 6.07) is 7.12. The average molecular weight is 365 g/mol. The van der Waals surface area contributed by atoms with E-state index < -0.39 is 10.2 Å². The second-order valence-corrected chi connectivity index (χ2v) is 7.21. The van der Waals surface area contributed by atoms with Crippen molar-refractivity contribution < 1.29 is 17.9 Å². The summed E-state index contributed by atoms with van der Waals surface area (Å²) in [5.41, 5.74) is 1.12. The molecule has 0 aliphatic carbocycles. The molecule has 1 aliphatic rings. The monoisotopic (exact) mass is 365 g/mol. The number of unbranched alkanes of at least 4 members (excludes halogenated alkanes) is 1. The van der Waals surface area contributed by atoms with Crippen LogP contribution in [-0.2, 0) is 21.5 Å². The average Bonchev–Trinajstić information content (AvgIpc) is 2.57. The standard InChI is InChI=1S/C17H23N3O4S/c1-4-5-10-18-17(21)15-12-20(25(22,23)19-13(15)2)11-14-8-6-7-9-16(14)24-3/h6-9,12H,4-5,10-11H2,1-3H3,(H,18,21). The molecule has 7 nitrogen and oxygen atoms in total. The van der Waals surface area contributed by atoms with Crippen LogP contribution < -0.4 is 10.1 Å². The van der Waals surface area contributed by atoms with Gasteiger partial charge in [-0.3, -0.25) is 9.10 Å². The number of methoxy groups -OCH3 is 1. The molecule has 1 aliphatic heterocycles. The van der Waals surface area contributed by atoms with Gasteiger partial charge in [0.25, 0.3) is 5.91 Å². The molecule has 1 heterocycles. The molecule has 0 saturated carbocycles. The molecule has 0 radical (unpaired) electrons. The van der Waals surface area contributed by atoms with Crippen molar-refractivity contribution in [2.45, 2.75) is 33.2 Å². The molecule has 0 spiro atoms. The Morgan fingerprint density at radius 2 is 2.04 bits per heavy atom. The van der Waals surface area contributed by atoms with Crippen LogP contribution in [0, 0.1) is 0 Å². The second kappa shape index (κ2) is 8.15. The van der Waals surface area contributed by atoms with E-state index in [9.17, 15) is 13.2 Å². The Balaban J connectivity index is 2.27. The van der Waals surface area contributed by atoms with E-state index in [4.69, 9.17) is 4.74 Å². The first-order valence-corrected chi connectivity index (χ1v) is 9.49. The van der Waals surface area contributed by atoms with E-state index in [1.807, 2.05) is 6.92 Å². The van der Waals surface area contributed by atoms with Crippen molar-refractivity contribution >= 4 is 21.8 Å². The third kappa shape index (κ3) is 4.60. The van der Waals surface area contributed by atoms with Gasteiger partial charge in [-0.25, -0.2) is 0 Å². The number of carbonyl (C=O) groups excluding carboxylic acids is 1. The molecular weight excluding hydrogens is 342 g/mol. The van der Waals surface area contributed by atoms with Gasteiger partial charge in [0.2, 0.25) is 0 Å². The molecule has 0 aromatic heterocycles. The number of carbonyl (C=O) groups is 1. The molecule has 0 fully saturated rings. The Kier molecular flexibility index (Phi) is 6.19. The summed E-state index contributed by atoms with van der Waals surface area (Å²) in [6.45, 7) is 4.12. The van der Waals surface area contributed by atoms with Crippen LogP contribution in [0.5, 0.6) is 5.75 Å². The predicted octanol–water partition coefficient (Wildman–Crippen LogP) is 2.02. The Labute approximate surface area is 148 Å². The van der Waals surface area contributed by atoms with E-state index >= 15 is 0 Å². The minimum atomic E-state index is -3.88. The molecular formula is C17H23N3O4S. The van der Waals surface area contributed by atoms with Gasteiger partial charge in [-0.15, -0.1) is 4.40 Å². The molecule has 1 amide bonds. The Bertz CT molecular complexity index is 800. The van der Waals surface area contributed by atoms with Gasteiger partial charge >= 0.3 is 10.2 Å². The van der Waals surface area contributed by atoms with Crippen molar-refractivity contribution in [3.05, 3.63) is 41.6 Å². The third-order valence-corrected chi connectivity index (χ3v) is 5.12. The molecule has 136 valence electrons. The maximum absolute atomic E-state index is 12.3. The summed E-state index contributed by atoms with van der Waals surface area (Å²) in [6.07, 6.45) is 3.16. The normalized spacial score (nSPS) is 16.0. The predicted molar refractivity (Wildman–Crippen MR) is 96.6 cm³/mol. The van der Waals surface area contributed by atoms with Gasteiger partial charge in [0, 0.05) is 18.3 Å². The molecule has 0 atom stereocenters. The lowest BCUT2D eigenvalue weighted by atomic mass is 10.1. The van der Waals surface area contributed by atoms with Crippen molar-refractivity contribution in [2.24, 2.45) is 4.40 Å². The van der Waals surface area contributed by atoms with Crippen molar-refractivity contribution in [2.75, 3.05) is 13.7 Å². The number of para-hydroxylation sites is 1. The number of benzene rings is 1. The van der Waals surface area contributed by atoms with E-state index in [0.717, 1.165) is 17.1 Å². The topological polar surface area (TPSA) is 88.1 Å². The summed E-state index contributed by atoms with van der Waals surface area (Å²) >= 11 is 0. The van der Waals surface area contributed by atoms with Gasteiger partial charge in [0.15, 0.2) is 0 Å². The fourth-order valence-electron chi connectivity index (χ4n) is 2.40. The van der Waals surface area contributed by atoms with Crippen LogP contribution in [0.25, 0.3) is 0 Å². The highest BCUT2D eigenvalue weighted by Gasteiger charge is 2.28. The van der Waals surface area contributed by atoms with E-state index in [1.54, 1.807) is 24.3 Å². The number of nitrogens with zero attached hydrogens (tertiary/aromatic N) is 2. The molecule has 0 saturated heterocycles. The van der Waals surface area contributed by atoms with Crippen LogP contribution in [0.15, 0.2) is 40.4 Å². The Hall–Kier alpha value is -2.35. The quantitative estimate of drug-likeness (QED) is 0.749. The lowest BCUT2D eigenvalue weighted by molar-refractivity contribution is -0.117.